The van der Waals surface area contributed by atoms with Gasteiger partial charge in [-0.15, -0.1) is 0 Å². The molecule has 6 nitrogen and oxygen atoms in total. The first-order valence-corrected chi connectivity index (χ1v) is 16.1. The Hall–Kier alpha value is -1.12. The Balaban J connectivity index is 1.52. The molecule has 0 bridgehead atoms. The molecule has 7 heteroatoms. The average molecular weight is 493 g/mol. The van der Waals surface area contributed by atoms with E-state index in [0.717, 1.165) is 50.5 Å². The van der Waals surface area contributed by atoms with Gasteiger partial charge in [-0.25, -0.2) is 0 Å². The molecule has 1 unspecified atom stereocenters. The van der Waals surface area contributed by atoms with Crippen LogP contribution in [0.1, 0.15) is 58.4 Å². The molecule has 34 heavy (non-hydrogen) atoms. The van der Waals surface area contributed by atoms with E-state index in [-0.39, 0.29) is 5.04 Å². The Morgan fingerprint density at radius 1 is 1.06 bits per heavy atom. The highest BCUT2D eigenvalue weighted by atomic mass is 28.4. The monoisotopic (exact) mass is 492 g/mol. The molecule has 2 aliphatic rings. The Morgan fingerprint density at radius 2 is 1.82 bits per heavy atom. The Kier molecular flexibility index (Phi) is 9.87. The molecule has 1 aliphatic heterocycles. The zero-order valence-electron chi connectivity index (χ0n) is 22.4. The number of hydrogen-bond acceptors (Lipinski definition) is 6. The van der Waals surface area contributed by atoms with Crippen LogP contribution in [-0.2, 0) is 15.6 Å². The Labute approximate surface area is 208 Å². The Bertz CT molecular complexity index is 767. The van der Waals surface area contributed by atoms with Crippen molar-refractivity contribution in [3.8, 4) is 11.5 Å². The molecule has 2 N–H and O–H groups in total. The number of methoxy groups -OCH3 is 1. The molecule has 0 aromatic heterocycles. The smallest absolute Gasteiger partial charge is 0.192 e. The van der Waals surface area contributed by atoms with Crippen LogP contribution >= 0.6 is 0 Å². The maximum atomic E-state index is 6.74. The number of nitrogens with zero attached hydrogens (tertiary/aromatic N) is 1. The van der Waals surface area contributed by atoms with Crippen LogP contribution in [0.5, 0.6) is 11.5 Å². The van der Waals surface area contributed by atoms with E-state index in [1.807, 2.05) is 6.07 Å². The first kappa shape index (κ1) is 27.5. The fraction of sp³-hybridized carbons (Fsp3) is 0.778. The lowest BCUT2D eigenvalue weighted by Gasteiger charge is -2.40. The van der Waals surface area contributed by atoms with Crippen molar-refractivity contribution in [3.05, 3.63) is 23.8 Å². The van der Waals surface area contributed by atoms with Gasteiger partial charge in [-0.05, 0) is 61.5 Å². The van der Waals surface area contributed by atoms with E-state index in [9.17, 15) is 0 Å². The summed E-state index contributed by atoms with van der Waals surface area (Å²) in [6.07, 6.45) is 7.66. The van der Waals surface area contributed by atoms with Gasteiger partial charge in [0.2, 0.25) is 0 Å². The summed E-state index contributed by atoms with van der Waals surface area (Å²) in [7, 11) is -0.0512. The van der Waals surface area contributed by atoms with E-state index in [1.165, 1.54) is 24.8 Å². The van der Waals surface area contributed by atoms with Crippen molar-refractivity contribution in [3.63, 3.8) is 0 Å². The van der Waals surface area contributed by atoms with Gasteiger partial charge >= 0.3 is 0 Å². The van der Waals surface area contributed by atoms with Crippen molar-refractivity contribution in [2.24, 2.45) is 5.73 Å². The summed E-state index contributed by atoms with van der Waals surface area (Å²) in [6, 6.07) is 6.64. The minimum absolute atomic E-state index is 0.258. The second-order valence-electron chi connectivity index (χ2n) is 11.4. The predicted octanol–water partition coefficient (Wildman–Crippen LogP) is 5.00. The molecule has 1 aromatic carbocycles. The van der Waals surface area contributed by atoms with Gasteiger partial charge in [0.05, 0.1) is 25.9 Å². The summed E-state index contributed by atoms with van der Waals surface area (Å²) >= 11 is 0. The number of rotatable bonds is 11. The molecule has 1 aromatic rings. The lowest BCUT2D eigenvalue weighted by Crippen LogP contribution is -2.48. The van der Waals surface area contributed by atoms with Gasteiger partial charge in [0.25, 0.3) is 0 Å². The van der Waals surface area contributed by atoms with Gasteiger partial charge < -0.3 is 24.4 Å². The van der Waals surface area contributed by atoms with Crippen molar-refractivity contribution in [1.82, 2.24) is 4.90 Å². The van der Waals surface area contributed by atoms with E-state index in [0.29, 0.717) is 31.4 Å². The number of hydrogen-bond donors (Lipinski definition) is 1. The number of nitrogens with two attached hydrogens (primary N) is 1. The summed E-state index contributed by atoms with van der Waals surface area (Å²) < 4.78 is 24.4. The van der Waals surface area contributed by atoms with Gasteiger partial charge in [0, 0.05) is 25.7 Å². The van der Waals surface area contributed by atoms with Crippen LogP contribution in [0.3, 0.4) is 0 Å². The fourth-order valence-electron chi connectivity index (χ4n) is 4.92. The number of likely N-dealkylation sites (tertiary alicyclic amines) is 1. The lowest BCUT2D eigenvalue weighted by atomic mass is 9.91. The van der Waals surface area contributed by atoms with Crippen LogP contribution in [0.25, 0.3) is 0 Å². The summed E-state index contributed by atoms with van der Waals surface area (Å²) in [4.78, 5) is 2.66. The van der Waals surface area contributed by atoms with Crippen LogP contribution in [0.2, 0.25) is 18.1 Å². The van der Waals surface area contributed by atoms with Crippen molar-refractivity contribution < 1.29 is 18.6 Å². The second kappa shape index (κ2) is 12.2. The summed E-state index contributed by atoms with van der Waals surface area (Å²) in [6.45, 7) is 15.6. The van der Waals surface area contributed by atoms with Gasteiger partial charge in [-0.3, -0.25) is 4.90 Å². The molecule has 0 amide bonds. The highest BCUT2D eigenvalue weighted by Crippen LogP contribution is 2.39. The standard InChI is InChI=1S/C27H48N2O4Si/c1-27(2,3)34(5,6)33-22-13-16-29(20-22)23-9-7-8-10-24(23)31-17-14-21-11-12-25(32-18-15-28)26(19-21)30-4/h11-12,19,22-24H,7-10,13-18,20,28H2,1-6H3/t22-,23?,24+/m1/s1. The van der Waals surface area contributed by atoms with Crippen molar-refractivity contribution in [2.75, 3.05) is 40.0 Å². The van der Waals surface area contributed by atoms with Gasteiger partial charge in [0.1, 0.15) is 6.61 Å². The molecule has 1 saturated carbocycles. The van der Waals surface area contributed by atoms with Gasteiger partial charge in [-0.1, -0.05) is 39.7 Å². The number of ether oxygens (including phenoxy) is 3. The maximum absolute atomic E-state index is 6.74. The largest absolute Gasteiger partial charge is 0.493 e. The van der Waals surface area contributed by atoms with Crippen LogP contribution < -0.4 is 15.2 Å². The molecule has 0 spiro atoms. The topological polar surface area (TPSA) is 66.2 Å². The normalized spacial score (nSPS) is 24.4. The molecule has 194 valence electrons. The maximum Gasteiger partial charge on any atom is 0.192 e. The predicted molar refractivity (Wildman–Crippen MR) is 142 cm³/mol. The van der Waals surface area contributed by atoms with Crippen molar-refractivity contribution in [1.29, 1.82) is 0 Å². The van der Waals surface area contributed by atoms with Crippen molar-refractivity contribution >= 4 is 8.32 Å². The van der Waals surface area contributed by atoms with Crippen LogP contribution in [0, 0.1) is 0 Å². The molecule has 3 rings (SSSR count). The first-order valence-electron chi connectivity index (χ1n) is 13.2. The van der Waals surface area contributed by atoms with Crippen LogP contribution in [0.4, 0.5) is 0 Å². The summed E-state index contributed by atoms with van der Waals surface area (Å²) in [5.41, 5.74) is 6.75. The third kappa shape index (κ3) is 7.20. The van der Waals surface area contributed by atoms with Gasteiger partial charge in [0.15, 0.2) is 19.8 Å². The number of benzene rings is 1. The average Bonchev–Trinajstić information content (AvgIpc) is 3.25. The van der Waals surface area contributed by atoms with E-state index < -0.39 is 8.32 Å². The molecular formula is C27H48N2O4Si. The zero-order valence-corrected chi connectivity index (χ0v) is 23.4. The van der Waals surface area contributed by atoms with Crippen molar-refractivity contribution in [2.45, 2.75) is 95.7 Å². The molecule has 1 heterocycles. The highest BCUT2D eigenvalue weighted by Gasteiger charge is 2.42. The first-order chi connectivity index (χ1) is 16.1. The third-order valence-corrected chi connectivity index (χ3v) is 12.4. The van der Waals surface area contributed by atoms with Gasteiger partial charge in [-0.2, -0.15) is 0 Å². The lowest BCUT2D eigenvalue weighted by molar-refractivity contribution is -0.0313. The SMILES string of the molecule is COc1cc(CCO[C@H]2CCCCC2N2CC[C@@H](O[Si](C)(C)C(C)(C)C)C2)ccc1OCCN. The molecule has 1 saturated heterocycles. The highest BCUT2D eigenvalue weighted by molar-refractivity contribution is 6.74. The van der Waals surface area contributed by atoms with E-state index in [2.05, 4.69) is 50.9 Å². The second-order valence-corrected chi connectivity index (χ2v) is 16.2. The molecule has 2 fully saturated rings. The minimum atomic E-state index is -1.73. The molecule has 0 radical (unpaired) electrons. The van der Waals surface area contributed by atoms with E-state index in [4.69, 9.17) is 24.4 Å². The molecule has 3 atom stereocenters. The Morgan fingerprint density at radius 3 is 2.53 bits per heavy atom. The minimum Gasteiger partial charge on any atom is -0.493 e. The molecular weight excluding hydrogens is 444 g/mol. The van der Waals surface area contributed by atoms with Crippen LogP contribution in [0.15, 0.2) is 18.2 Å². The van der Waals surface area contributed by atoms with E-state index >= 15 is 0 Å². The van der Waals surface area contributed by atoms with E-state index in [1.54, 1.807) is 7.11 Å². The molecule has 1 aliphatic carbocycles. The quantitative estimate of drug-likeness (QED) is 0.439. The third-order valence-electron chi connectivity index (χ3n) is 7.91. The zero-order chi connectivity index (χ0) is 24.8. The summed E-state index contributed by atoms with van der Waals surface area (Å²) in [5.74, 6) is 1.50. The fourth-order valence-corrected chi connectivity index (χ4v) is 6.30. The van der Waals surface area contributed by atoms with Crippen LogP contribution in [-0.4, -0.2) is 71.4 Å². The summed E-state index contributed by atoms with van der Waals surface area (Å²) in [5, 5.41) is 0.258.